The first-order valence-electron chi connectivity index (χ1n) is 11.0. The number of nitrogens with one attached hydrogen (secondary N) is 2. The molecule has 1 atom stereocenters. The zero-order chi connectivity index (χ0) is 23.9. The van der Waals surface area contributed by atoms with Crippen LogP contribution >= 0.6 is 11.3 Å². The lowest BCUT2D eigenvalue weighted by atomic mass is 10.1. The fraction of sp³-hybridized carbons (Fsp3) is 0.280. The molecule has 0 fully saturated rings. The van der Waals surface area contributed by atoms with E-state index in [4.69, 9.17) is 9.47 Å². The number of ether oxygens (including phenoxy) is 2. The van der Waals surface area contributed by atoms with Crippen molar-refractivity contribution in [1.82, 2.24) is 10.2 Å². The Hall–Kier alpha value is -3.43. The number of thiophene rings is 1. The van der Waals surface area contributed by atoms with Gasteiger partial charge in [0.15, 0.2) is 11.5 Å². The summed E-state index contributed by atoms with van der Waals surface area (Å²) in [4.78, 5) is 28.2. The molecule has 34 heavy (non-hydrogen) atoms. The van der Waals surface area contributed by atoms with Crippen LogP contribution in [0.25, 0.3) is 0 Å². The molecule has 0 aliphatic carbocycles. The molecule has 2 aromatic carbocycles. The van der Waals surface area contributed by atoms with Gasteiger partial charge in [0.1, 0.15) is 19.0 Å². The number of nitrogens with zero attached hydrogens (tertiary/aromatic N) is 1. The molecule has 0 saturated heterocycles. The van der Waals surface area contributed by atoms with Crippen molar-refractivity contribution in [3.63, 3.8) is 0 Å². The van der Waals surface area contributed by atoms with Crippen molar-refractivity contribution in [2.45, 2.75) is 13.0 Å². The van der Waals surface area contributed by atoms with Gasteiger partial charge in [-0.05, 0) is 47.8 Å². The Morgan fingerprint density at radius 3 is 2.47 bits per heavy atom. The molecule has 2 amide bonds. The summed E-state index contributed by atoms with van der Waals surface area (Å²) < 4.78 is 24.4. The Labute approximate surface area is 201 Å². The van der Waals surface area contributed by atoms with Gasteiger partial charge in [-0.1, -0.05) is 25.1 Å². The number of rotatable bonds is 9. The molecule has 1 aliphatic heterocycles. The lowest BCUT2D eigenvalue weighted by molar-refractivity contribution is -0.123. The molecule has 4 rings (SSSR count). The number of hydrogen-bond donors (Lipinski definition) is 2. The quantitative estimate of drug-likeness (QED) is 0.484. The zero-order valence-electron chi connectivity index (χ0n) is 18.8. The van der Waals surface area contributed by atoms with Crippen molar-refractivity contribution in [3.8, 4) is 11.5 Å². The predicted molar refractivity (Wildman–Crippen MR) is 129 cm³/mol. The Morgan fingerprint density at radius 1 is 1.03 bits per heavy atom. The van der Waals surface area contributed by atoms with Gasteiger partial charge in [0.25, 0.3) is 0 Å². The summed E-state index contributed by atoms with van der Waals surface area (Å²) in [5.41, 5.74) is 1.39. The van der Waals surface area contributed by atoms with E-state index >= 15 is 0 Å². The molecular formula is C25H26FN3O4S. The van der Waals surface area contributed by atoms with Crippen LogP contribution in [0, 0.1) is 5.82 Å². The van der Waals surface area contributed by atoms with E-state index in [1.165, 1.54) is 23.5 Å². The SMILES string of the molecule is CCN(CC(=O)Nc1ccc2c(c1)OCCO2)CC(=O)NC(c1ccc(F)cc1)c1cccs1. The highest BCUT2D eigenvalue weighted by atomic mass is 32.1. The molecule has 1 aromatic heterocycles. The van der Waals surface area contributed by atoms with Crippen LogP contribution in [0.1, 0.15) is 23.4 Å². The van der Waals surface area contributed by atoms with Gasteiger partial charge in [0.2, 0.25) is 11.8 Å². The summed E-state index contributed by atoms with van der Waals surface area (Å²) in [6.45, 7) is 3.48. The minimum absolute atomic E-state index is 0.0497. The highest BCUT2D eigenvalue weighted by Gasteiger charge is 2.21. The predicted octanol–water partition coefficient (Wildman–Crippen LogP) is 3.82. The number of benzene rings is 2. The van der Waals surface area contributed by atoms with Gasteiger partial charge in [-0.3, -0.25) is 14.5 Å². The van der Waals surface area contributed by atoms with Crippen LogP contribution in [-0.2, 0) is 9.59 Å². The summed E-state index contributed by atoms with van der Waals surface area (Å²) in [6, 6.07) is 14.8. The van der Waals surface area contributed by atoms with Gasteiger partial charge in [0.05, 0.1) is 19.1 Å². The van der Waals surface area contributed by atoms with Crippen molar-refractivity contribution in [2.75, 3.05) is 38.2 Å². The fourth-order valence-corrected chi connectivity index (χ4v) is 4.45. The van der Waals surface area contributed by atoms with E-state index in [1.807, 2.05) is 24.4 Å². The number of carbonyl (C=O) groups excluding carboxylic acids is 2. The molecule has 0 radical (unpaired) electrons. The lowest BCUT2D eigenvalue weighted by Crippen LogP contribution is -2.42. The molecule has 1 unspecified atom stereocenters. The van der Waals surface area contributed by atoms with Crippen LogP contribution in [0.5, 0.6) is 11.5 Å². The van der Waals surface area contributed by atoms with Crippen molar-refractivity contribution < 1.29 is 23.5 Å². The standard InChI is InChI=1S/C25H26FN3O4S/c1-2-29(15-23(30)27-19-9-10-20-21(14-19)33-12-11-32-20)16-24(31)28-25(22-4-3-13-34-22)17-5-7-18(26)8-6-17/h3-10,13-14,25H,2,11-12,15-16H2,1H3,(H,27,30)(H,28,31). The second-order valence-corrected chi connectivity index (χ2v) is 8.76. The molecule has 0 spiro atoms. The smallest absolute Gasteiger partial charge is 0.238 e. The third kappa shape index (κ3) is 6.12. The average Bonchev–Trinajstić information content (AvgIpc) is 3.37. The van der Waals surface area contributed by atoms with E-state index in [1.54, 1.807) is 35.2 Å². The second-order valence-electron chi connectivity index (χ2n) is 7.78. The first-order valence-corrected chi connectivity index (χ1v) is 11.9. The fourth-order valence-electron chi connectivity index (χ4n) is 3.64. The van der Waals surface area contributed by atoms with E-state index < -0.39 is 6.04 Å². The van der Waals surface area contributed by atoms with Crippen LogP contribution < -0.4 is 20.1 Å². The van der Waals surface area contributed by atoms with Crippen molar-refractivity contribution in [1.29, 1.82) is 0 Å². The van der Waals surface area contributed by atoms with Crippen LogP contribution in [0.3, 0.4) is 0 Å². The maximum Gasteiger partial charge on any atom is 0.238 e. The highest BCUT2D eigenvalue weighted by molar-refractivity contribution is 7.10. The minimum atomic E-state index is -0.390. The maximum absolute atomic E-state index is 13.4. The summed E-state index contributed by atoms with van der Waals surface area (Å²) in [5, 5.41) is 7.79. The number of anilines is 1. The number of fused-ring (bicyclic) bond motifs is 1. The van der Waals surface area contributed by atoms with Crippen LogP contribution in [0.15, 0.2) is 60.0 Å². The van der Waals surface area contributed by atoms with Crippen LogP contribution in [-0.4, -0.2) is 49.6 Å². The van der Waals surface area contributed by atoms with Gasteiger partial charge in [-0.15, -0.1) is 11.3 Å². The minimum Gasteiger partial charge on any atom is -0.486 e. The number of halogens is 1. The molecule has 2 heterocycles. The first kappa shape index (κ1) is 23.7. The molecular weight excluding hydrogens is 457 g/mol. The second kappa shape index (κ2) is 11.1. The summed E-state index contributed by atoms with van der Waals surface area (Å²) >= 11 is 1.51. The maximum atomic E-state index is 13.4. The van der Waals surface area contributed by atoms with Gasteiger partial charge in [-0.2, -0.15) is 0 Å². The first-order chi connectivity index (χ1) is 16.5. The highest BCUT2D eigenvalue weighted by Crippen LogP contribution is 2.32. The lowest BCUT2D eigenvalue weighted by Gasteiger charge is -2.23. The Kier molecular flexibility index (Phi) is 7.76. The third-order valence-electron chi connectivity index (χ3n) is 5.34. The third-order valence-corrected chi connectivity index (χ3v) is 6.28. The van der Waals surface area contributed by atoms with Crippen molar-refractivity contribution in [2.24, 2.45) is 0 Å². The summed E-state index contributed by atoms with van der Waals surface area (Å²) in [7, 11) is 0. The molecule has 178 valence electrons. The van der Waals surface area contributed by atoms with Gasteiger partial charge in [0, 0.05) is 16.6 Å². The topological polar surface area (TPSA) is 79.9 Å². The number of carbonyl (C=O) groups is 2. The molecule has 1 aliphatic rings. The Balaban J connectivity index is 1.36. The van der Waals surface area contributed by atoms with Crippen LogP contribution in [0.2, 0.25) is 0 Å². The van der Waals surface area contributed by atoms with E-state index in [0.29, 0.717) is 36.9 Å². The number of hydrogen-bond acceptors (Lipinski definition) is 6. The normalized spacial score (nSPS) is 13.4. The van der Waals surface area contributed by atoms with Crippen molar-refractivity contribution >= 4 is 28.8 Å². The van der Waals surface area contributed by atoms with E-state index in [2.05, 4.69) is 10.6 Å². The van der Waals surface area contributed by atoms with Gasteiger partial charge < -0.3 is 20.1 Å². The van der Waals surface area contributed by atoms with Crippen LogP contribution in [0.4, 0.5) is 10.1 Å². The van der Waals surface area contributed by atoms with E-state index in [9.17, 15) is 14.0 Å². The molecule has 2 N–H and O–H groups in total. The van der Waals surface area contributed by atoms with Gasteiger partial charge >= 0.3 is 0 Å². The number of amides is 2. The Bertz CT molecular complexity index is 1120. The Morgan fingerprint density at radius 2 is 1.76 bits per heavy atom. The largest absolute Gasteiger partial charge is 0.486 e. The summed E-state index contributed by atoms with van der Waals surface area (Å²) in [5.74, 6) is 0.450. The summed E-state index contributed by atoms with van der Waals surface area (Å²) in [6.07, 6.45) is 0. The average molecular weight is 484 g/mol. The molecule has 7 nitrogen and oxygen atoms in total. The molecule has 0 saturated carbocycles. The van der Waals surface area contributed by atoms with E-state index in [-0.39, 0.29) is 30.7 Å². The van der Waals surface area contributed by atoms with Gasteiger partial charge in [-0.25, -0.2) is 4.39 Å². The van der Waals surface area contributed by atoms with Crippen molar-refractivity contribution in [3.05, 3.63) is 76.2 Å². The number of likely N-dealkylation sites (N-methyl/N-ethyl adjacent to an activating group) is 1. The molecule has 3 aromatic rings. The zero-order valence-corrected chi connectivity index (χ0v) is 19.6. The monoisotopic (exact) mass is 483 g/mol. The molecule has 0 bridgehead atoms. The van der Waals surface area contributed by atoms with E-state index in [0.717, 1.165) is 10.4 Å². The molecule has 9 heteroatoms.